The van der Waals surface area contributed by atoms with Crippen LogP contribution >= 0.6 is 0 Å². The van der Waals surface area contributed by atoms with Crippen molar-refractivity contribution in [3.05, 3.63) is 23.8 Å². The monoisotopic (exact) mass is 417 g/mol. The van der Waals surface area contributed by atoms with Crippen LogP contribution in [0.25, 0.3) is 0 Å². The van der Waals surface area contributed by atoms with Gasteiger partial charge < -0.3 is 30.1 Å². The Bertz CT molecular complexity index is 759. The molecule has 1 saturated carbocycles. The maximum Gasteiger partial charge on any atom is 0.407 e. The van der Waals surface area contributed by atoms with Crippen molar-refractivity contribution in [1.29, 1.82) is 0 Å². The van der Waals surface area contributed by atoms with Crippen molar-refractivity contribution in [2.75, 3.05) is 38.2 Å². The number of aliphatic hydroxyl groups excluding tert-OH is 1. The lowest BCUT2D eigenvalue weighted by Gasteiger charge is -2.33. The molecule has 0 spiro atoms. The highest BCUT2D eigenvalue weighted by molar-refractivity contribution is 5.94. The summed E-state index contributed by atoms with van der Waals surface area (Å²) < 4.78 is 11.1. The number of piperidine rings is 1. The zero-order valence-electron chi connectivity index (χ0n) is 17.3. The van der Waals surface area contributed by atoms with E-state index in [0.717, 1.165) is 42.9 Å². The van der Waals surface area contributed by atoms with E-state index in [1.54, 1.807) is 0 Å². The Hall–Kier alpha value is -2.32. The first-order valence-corrected chi connectivity index (χ1v) is 10.9. The van der Waals surface area contributed by atoms with Crippen LogP contribution in [0.2, 0.25) is 0 Å². The number of hydrogen-bond donors (Lipinski definition) is 3. The molecule has 0 aromatic heterocycles. The lowest BCUT2D eigenvalue weighted by Crippen LogP contribution is -2.47. The zero-order chi connectivity index (χ0) is 20.9. The van der Waals surface area contributed by atoms with Crippen LogP contribution in [0.3, 0.4) is 0 Å². The molecule has 2 heterocycles. The molecule has 1 atom stereocenters. The van der Waals surface area contributed by atoms with Crippen molar-refractivity contribution in [2.24, 2.45) is 5.92 Å². The summed E-state index contributed by atoms with van der Waals surface area (Å²) in [5.41, 5.74) is 1.79. The van der Waals surface area contributed by atoms with E-state index in [1.165, 1.54) is 12.8 Å². The first-order valence-electron chi connectivity index (χ1n) is 10.9. The molecular formula is C22H31N3O5. The Kier molecular flexibility index (Phi) is 6.74. The molecule has 3 N–H and O–H groups in total. The minimum absolute atomic E-state index is 0.0220. The molecule has 2 fully saturated rings. The fraction of sp³-hybridized carbons (Fsp3) is 0.636. The van der Waals surface area contributed by atoms with Gasteiger partial charge in [0.1, 0.15) is 18.5 Å². The lowest BCUT2D eigenvalue weighted by molar-refractivity contribution is -0.116. The van der Waals surface area contributed by atoms with Gasteiger partial charge in [-0.25, -0.2) is 4.79 Å². The van der Waals surface area contributed by atoms with Gasteiger partial charge in [-0.2, -0.15) is 0 Å². The number of carbonyl (C=O) groups excluding carboxylic acids is 2. The number of fused-ring (bicyclic) bond motifs is 1. The second-order valence-electron chi connectivity index (χ2n) is 8.56. The molecule has 164 valence electrons. The van der Waals surface area contributed by atoms with Crippen molar-refractivity contribution in [3.63, 3.8) is 0 Å². The molecule has 1 aromatic rings. The van der Waals surface area contributed by atoms with Crippen molar-refractivity contribution in [3.8, 4) is 5.75 Å². The van der Waals surface area contributed by atoms with Crippen LogP contribution in [-0.2, 0) is 16.0 Å². The molecule has 8 nitrogen and oxygen atoms in total. The van der Waals surface area contributed by atoms with Crippen LogP contribution in [0, 0.1) is 5.92 Å². The summed E-state index contributed by atoms with van der Waals surface area (Å²) in [7, 11) is 0. The molecule has 1 aromatic carbocycles. The summed E-state index contributed by atoms with van der Waals surface area (Å²) in [4.78, 5) is 25.6. The van der Waals surface area contributed by atoms with E-state index in [1.807, 2.05) is 18.2 Å². The molecule has 1 aliphatic carbocycles. The number of benzene rings is 1. The fourth-order valence-electron chi connectivity index (χ4n) is 4.01. The van der Waals surface area contributed by atoms with Crippen molar-refractivity contribution < 1.29 is 24.2 Å². The van der Waals surface area contributed by atoms with Crippen LogP contribution in [0.15, 0.2) is 18.2 Å². The van der Waals surface area contributed by atoms with E-state index < -0.39 is 6.10 Å². The van der Waals surface area contributed by atoms with Crippen molar-refractivity contribution >= 4 is 17.7 Å². The number of anilines is 1. The number of β-amino-alcohol motifs (C(OH)–C–C–N with tert-alkyl or cyclic N) is 1. The first-order chi connectivity index (χ1) is 14.6. The quantitative estimate of drug-likeness (QED) is 0.598. The third kappa shape index (κ3) is 5.86. The molecule has 0 bridgehead atoms. The van der Waals surface area contributed by atoms with Gasteiger partial charge in [-0.3, -0.25) is 4.79 Å². The Morgan fingerprint density at radius 1 is 1.23 bits per heavy atom. The highest BCUT2D eigenvalue weighted by atomic mass is 16.5. The molecule has 8 heteroatoms. The highest BCUT2D eigenvalue weighted by Crippen LogP contribution is 2.31. The summed E-state index contributed by atoms with van der Waals surface area (Å²) >= 11 is 0. The lowest BCUT2D eigenvalue weighted by atomic mass is 10.0. The van der Waals surface area contributed by atoms with Gasteiger partial charge in [0.15, 0.2) is 0 Å². The number of nitrogens with zero attached hydrogens (tertiary/aromatic N) is 1. The van der Waals surface area contributed by atoms with Gasteiger partial charge in [0.25, 0.3) is 0 Å². The van der Waals surface area contributed by atoms with E-state index in [2.05, 4.69) is 15.5 Å². The topological polar surface area (TPSA) is 100 Å². The SMILES string of the molecule is O=C1CCc2c(cccc2OC[C@H](O)CN2CCC(NC(=O)OCC3CC3)CC2)N1. The van der Waals surface area contributed by atoms with Gasteiger partial charge in [-0.1, -0.05) is 6.07 Å². The average Bonchev–Trinajstić information content (AvgIpc) is 3.56. The summed E-state index contributed by atoms with van der Waals surface area (Å²) in [6, 6.07) is 5.73. The zero-order valence-corrected chi connectivity index (χ0v) is 17.3. The molecule has 30 heavy (non-hydrogen) atoms. The van der Waals surface area contributed by atoms with Gasteiger partial charge in [0.2, 0.25) is 5.91 Å². The highest BCUT2D eigenvalue weighted by Gasteiger charge is 2.26. The second-order valence-corrected chi connectivity index (χ2v) is 8.56. The maximum absolute atomic E-state index is 11.8. The Morgan fingerprint density at radius 2 is 2.03 bits per heavy atom. The first kappa shape index (κ1) is 20.9. The number of alkyl carbamates (subject to hydrolysis) is 1. The predicted octanol–water partition coefficient (Wildman–Crippen LogP) is 1.91. The van der Waals surface area contributed by atoms with Crippen LogP contribution in [0.4, 0.5) is 10.5 Å². The van der Waals surface area contributed by atoms with Gasteiger partial charge in [-0.15, -0.1) is 0 Å². The molecule has 4 rings (SSSR count). The van der Waals surface area contributed by atoms with Crippen LogP contribution in [0.1, 0.15) is 37.7 Å². The van der Waals surface area contributed by atoms with Crippen LogP contribution in [-0.4, -0.2) is 67.0 Å². The number of nitrogens with one attached hydrogen (secondary N) is 2. The Balaban J connectivity index is 1.16. The van der Waals surface area contributed by atoms with E-state index >= 15 is 0 Å². The molecule has 3 aliphatic rings. The summed E-state index contributed by atoms with van der Waals surface area (Å²) in [5.74, 6) is 1.31. The fourth-order valence-corrected chi connectivity index (χ4v) is 4.01. The van der Waals surface area contributed by atoms with E-state index in [0.29, 0.717) is 31.9 Å². The van der Waals surface area contributed by atoms with Crippen LogP contribution < -0.4 is 15.4 Å². The number of amides is 2. The maximum atomic E-state index is 11.8. The molecule has 2 amide bonds. The van der Waals surface area contributed by atoms with Crippen LogP contribution in [0.5, 0.6) is 5.75 Å². The van der Waals surface area contributed by atoms with E-state index in [4.69, 9.17) is 9.47 Å². The third-order valence-corrected chi connectivity index (χ3v) is 5.97. The predicted molar refractivity (Wildman–Crippen MR) is 112 cm³/mol. The van der Waals surface area contributed by atoms with Gasteiger partial charge in [-0.05, 0) is 50.2 Å². The van der Waals surface area contributed by atoms with Crippen molar-refractivity contribution in [2.45, 2.75) is 50.7 Å². The van der Waals surface area contributed by atoms with E-state index in [-0.39, 0.29) is 24.6 Å². The smallest absolute Gasteiger partial charge is 0.407 e. The normalized spacial score (nSPS) is 20.8. The van der Waals surface area contributed by atoms with Gasteiger partial charge in [0, 0.05) is 43.3 Å². The molecule has 2 aliphatic heterocycles. The molecule has 0 radical (unpaired) electrons. The molecule has 0 unspecified atom stereocenters. The Labute approximate surface area is 176 Å². The summed E-state index contributed by atoms with van der Waals surface area (Å²) in [6.45, 7) is 2.91. The Morgan fingerprint density at radius 3 is 2.80 bits per heavy atom. The third-order valence-electron chi connectivity index (χ3n) is 5.97. The number of carbonyl (C=O) groups is 2. The van der Waals surface area contributed by atoms with Gasteiger partial charge in [0.05, 0.1) is 6.61 Å². The molecule has 1 saturated heterocycles. The number of hydrogen-bond acceptors (Lipinski definition) is 6. The minimum Gasteiger partial charge on any atom is -0.490 e. The average molecular weight is 418 g/mol. The standard InChI is InChI=1S/C22H31N3O5/c26-17(14-29-20-3-1-2-19-18(20)6-7-21(27)24-19)12-25-10-8-16(9-11-25)23-22(28)30-13-15-4-5-15/h1-3,15-17,26H,4-14H2,(H,23,28)(H,24,27)/t17-/m1/s1. The number of likely N-dealkylation sites (tertiary alicyclic amines) is 1. The minimum atomic E-state index is -0.605. The number of ether oxygens (including phenoxy) is 2. The number of rotatable bonds is 8. The summed E-state index contributed by atoms with van der Waals surface area (Å²) in [6.07, 6.45) is 4.21. The largest absolute Gasteiger partial charge is 0.490 e. The van der Waals surface area contributed by atoms with Crippen molar-refractivity contribution in [1.82, 2.24) is 10.2 Å². The summed E-state index contributed by atoms with van der Waals surface area (Å²) in [5, 5.41) is 16.2. The number of aliphatic hydroxyl groups is 1. The van der Waals surface area contributed by atoms with Gasteiger partial charge >= 0.3 is 6.09 Å². The molecular weight excluding hydrogens is 386 g/mol. The second kappa shape index (κ2) is 9.66. The van der Waals surface area contributed by atoms with E-state index in [9.17, 15) is 14.7 Å².